The van der Waals surface area contributed by atoms with Gasteiger partial charge in [0.15, 0.2) is 0 Å². The van der Waals surface area contributed by atoms with E-state index < -0.39 is 0 Å². The summed E-state index contributed by atoms with van der Waals surface area (Å²) in [6.07, 6.45) is 2.32. The van der Waals surface area contributed by atoms with Crippen molar-refractivity contribution in [3.63, 3.8) is 0 Å². The summed E-state index contributed by atoms with van der Waals surface area (Å²) in [5, 5.41) is 3.15. The third-order valence-corrected chi connectivity index (χ3v) is 4.85. The van der Waals surface area contributed by atoms with E-state index in [1.165, 1.54) is 17.7 Å². The Labute approximate surface area is 155 Å². The molecular formula is C22H27FN2O. The third-order valence-electron chi connectivity index (χ3n) is 4.85. The number of nitrogens with zero attached hydrogens (tertiary/aromatic N) is 1. The van der Waals surface area contributed by atoms with E-state index in [-0.39, 0.29) is 23.7 Å². The molecule has 1 N–H and O–H groups in total. The lowest BCUT2D eigenvalue weighted by atomic mass is 9.96. The van der Waals surface area contributed by atoms with Crippen LogP contribution in [0.2, 0.25) is 0 Å². The molecule has 0 heterocycles. The summed E-state index contributed by atoms with van der Waals surface area (Å²) in [5.74, 6) is -0.00545. The Bertz CT molecular complexity index is 711. The van der Waals surface area contributed by atoms with E-state index in [9.17, 15) is 9.18 Å². The van der Waals surface area contributed by atoms with Crippen LogP contribution in [0.3, 0.4) is 0 Å². The van der Waals surface area contributed by atoms with Crippen LogP contribution in [0, 0.1) is 11.7 Å². The molecule has 138 valence electrons. The molecule has 1 saturated carbocycles. The molecule has 1 atom stereocenters. The number of hydrogen-bond donors (Lipinski definition) is 1. The Kier molecular flexibility index (Phi) is 6.04. The molecule has 1 unspecified atom stereocenters. The highest BCUT2D eigenvalue weighted by atomic mass is 19.1. The fraction of sp³-hybridized carbons (Fsp3) is 0.409. The van der Waals surface area contributed by atoms with Gasteiger partial charge in [0, 0.05) is 12.6 Å². The Hall–Kier alpha value is -2.20. The van der Waals surface area contributed by atoms with Gasteiger partial charge in [-0.15, -0.1) is 0 Å². The fourth-order valence-electron chi connectivity index (χ4n) is 3.28. The van der Waals surface area contributed by atoms with Crippen molar-refractivity contribution in [2.75, 3.05) is 6.54 Å². The highest BCUT2D eigenvalue weighted by molar-refractivity contribution is 5.78. The maximum absolute atomic E-state index is 13.2. The molecule has 0 radical (unpaired) electrons. The van der Waals surface area contributed by atoms with Gasteiger partial charge in [0.05, 0.1) is 12.6 Å². The first kappa shape index (κ1) is 18.6. The lowest BCUT2D eigenvalue weighted by molar-refractivity contribution is -0.123. The summed E-state index contributed by atoms with van der Waals surface area (Å²) < 4.78 is 13.2. The molecule has 0 aromatic heterocycles. The quantitative estimate of drug-likeness (QED) is 0.766. The van der Waals surface area contributed by atoms with Gasteiger partial charge in [0.25, 0.3) is 0 Å². The number of carbonyl (C=O) groups is 1. The number of hydrogen-bond acceptors (Lipinski definition) is 2. The number of benzene rings is 2. The summed E-state index contributed by atoms with van der Waals surface area (Å²) in [4.78, 5) is 15.0. The zero-order valence-corrected chi connectivity index (χ0v) is 15.5. The molecule has 0 saturated heterocycles. The van der Waals surface area contributed by atoms with Crippen molar-refractivity contribution in [1.82, 2.24) is 10.2 Å². The largest absolute Gasteiger partial charge is 0.348 e. The standard InChI is InChI=1S/C22H27FN2O/c1-16(2)22(18-8-10-19(23)11-9-18)24-21(26)15-25(20-12-13-20)14-17-6-4-3-5-7-17/h3-11,16,20,22H,12-15H2,1-2H3,(H,24,26). The monoisotopic (exact) mass is 354 g/mol. The van der Waals surface area contributed by atoms with Gasteiger partial charge in [-0.05, 0) is 42.0 Å². The molecule has 1 aliphatic rings. The van der Waals surface area contributed by atoms with Crippen LogP contribution in [0.15, 0.2) is 54.6 Å². The number of carbonyl (C=O) groups excluding carboxylic acids is 1. The van der Waals surface area contributed by atoms with Gasteiger partial charge in [0.2, 0.25) is 5.91 Å². The van der Waals surface area contributed by atoms with Crippen LogP contribution in [0.4, 0.5) is 4.39 Å². The number of amides is 1. The van der Waals surface area contributed by atoms with Crippen LogP contribution in [-0.2, 0) is 11.3 Å². The lowest BCUT2D eigenvalue weighted by Gasteiger charge is -2.26. The first-order valence-electron chi connectivity index (χ1n) is 9.35. The summed E-state index contributed by atoms with van der Waals surface area (Å²) in [5.41, 5.74) is 2.17. The molecule has 1 fully saturated rings. The summed E-state index contributed by atoms with van der Waals surface area (Å²) in [6.45, 7) is 5.32. The van der Waals surface area contributed by atoms with Crippen LogP contribution in [0.25, 0.3) is 0 Å². The minimum Gasteiger partial charge on any atom is -0.348 e. The number of nitrogens with one attached hydrogen (secondary N) is 1. The highest BCUT2D eigenvalue weighted by Gasteiger charge is 2.31. The Morgan fingerprint density at radius 2 is 1.77 bits per heavy atom. The molecule has 3 rings (SSSR count). The Morgan fingerprint density at radius 3 is 2.35 bits per heavy atom. The predicted octanol–water partition coefficient (Wildman–Crippen LogP) is 4.30. The molecule has 4 heteroatoms. The smallest absolute Gasteiger partial charge is 0.234 e. The summed E-state index contributed by atoms with van der Waals surface area (Å²) >= 11 is 0. The van der Waals surface area contributed by atoms with Gasteiger partial charge in [0.1, 0.15) is 5.82 Å². The van der Waals surface area contributed by atoms with E-state index in [0.717, 1.165) is 24.9 Å². The van der Waals surface area contributed by atoms with Crippen molar-refractivity contribution < 1.29 is 9.18 Å². The van der Waals surface area contributed by atoms with Gasteiger partial charge < -0.3 is 5.32 Å². The maximum Gasteiger partial charge on any atom is 0.234 e. The summed E-state index contributed by atoms with van der Waals surface area (Å²) in [7, 11) is 0. The van der Waals surface area contributed by atoms with Crippen LogP contribution >= 0.6 is 0 Å². The fourth-order valence-corrected chi connectivity index (χ4v) is 3.28. The average Bonchev–Trinajstić information content (AvgIpc) is 3.46. The van der Waals surface area contributed by atoms with Gasteiger partial charge in [-0.25, -0.2) is 4.39 Å². The van der Waals surface area contributed by atoms with Crippen molar-refractivity contribution in [3.8, 4) is 0 Å². The molecular weight excluding hydrogens is 327 g/mol. The Balaban J connectivity index is 1.63. The Morgan fingerprint density at radius 1 is 1.12 bits per heavy atom. The summed E-state index contributed by atoms with van der Waals surface area (Å²) in [6, 6.07) is 17.1. The second-order valence-corrected chi connectivity index (χ2v) is 7.46. The van der Waals surface area contributed by atoms with Gasteiger partial charge in [-0.3, -0.25) is 9.69 Å². The third kappa shape index (κ3) is 5.15. The predicted molar refractivity (Wildman–Crippen MR) is 102 cm³/mol. The highest BCUT2D eigenvalue weighted by Crippen LogP contribution is 2.28. The minimum atomic E-state index is -0.259. The number of halogens is 1. The van der Waals surface area contributed by atoms with Crippen molar-refractivity contribution in [2.24, 2.45) is 5.92 Å². The van der Waals surface area contributed by atoms with Gasteiger partial charge in [-0.1, -0.05) is 56.3 Å². The molecule has 1 amide bonds. The van der Waals surface area contributed by atoms with Crippen LogP contribution in [-0.4, -0.2) is 23.4 Å². The van der Waals surface area contributed by atoms with E-state index in [1.54, 1.807) is 12.1 Å². The topological polar surface area (TPSA) is 32.3 Å². The van der Waals surface area contributed by atoms with Crippen molar-refractivity contribution in [2.45, 2.75) is 45.3 Å². The van der Waals surface area contributed by atoms with Gasteiger partial charge in [-0.2, -0.15) is 0 Å². The molecule has 1 aliphatic carbocycles. The minimum absolute atomic E-state index is 0.0239. The zero-order valence-electron chi connectivity index (χ0n) is 15.5. The van der Waals surface area contributed by atoms with Crippen LogP contribution < -0.4 is 5.32 Å². The van der Waals surface area contributed by atoms with Gasteiger partial charge >= 0.3 is 0 Å². The zero-order chi connectivity index (χ0) is 18.5. The first-order chi connectivity index (χ1) is 12.5. The maximum atomic E-state index is 13.2. The second-order valence-electron chi connectivity index (χ2n) is 7.46. The molecule has 0 spiro atoms. The van der Waals surface area contributed by atoms with E-state index >= 15 is 0 Å². The van der Waals surface area contributed by atoms with Crippen LogP contribution in [0.5, 0.6) is 0 Å². The van der Waals surface area contributed by atoms with Crippen LogP contribution in [0.1, 0.15) is 43.9 Å². The van der Waals surface area contributed by atoms with E-state index in [2.05, 4.69) is 36.2 Å². The first-order valence-corrected chi connectivity index (χ1v) is 9.35. The molecule has 2 aromatic rings. The SMILES string of the molecule is CC(C)C(NC(=O)CN(Cc1ccccc1)C1CC1)c1ccc(F)cc1. The molecule has 0 bridgehead atoms. The average molecular weight is 354 g/mol. The van der Waals surface area contributed by atoms with E-state index in [1.807, 2.05) is 18.2 Å². The molecule has 0 aliphatic heterocycles. The van der Waals surface area contributed by atoms with Crippen molar-refractivity contribution >= 4 is 5.91 Å². The molecule has 3 nitrogen and oxygen atoms in total. The molecule has 26 heavy (non-hydrogen) atoms. The number of rotatable bonds is 8. The van der Waals surface area contributed by atoms with Crippen molar-refractivity contribution in [1.29, 1.82) is 0 Å². The lowest BCUT2D eigenvalue weighted by Crippen LogP contribution is -2.40. The van der Waals surface area contributed by atoms with E-state index in [0.29, 0.717) is 12.6 Å². The normalized spacial score (nSPS) is 15.3. The second kappa shape index (κ2) is 8.45. The molecule has 2 aromatic carbocycles. The van der Waals surface area contributed by atoms with E-state index in [4.69, 9.17) is 0 Å². The van der Waals surface area contributed by atoms with Crippen molar-refractivity contribution in [3.05, 3.63) is 71.5 Å².